The molecule has 0 fully saturated rings. The van der Waals surface area contributed by atoms with Crippen LogP contribution in [0.2, 0.25) is 0 Å². The van der Waals surface area contributed by atoms with Crippen LogP contribution in [0.15, 0.2) is 18.2 Å². The Bertz CT molecular complexity index is 401. The quantitative estimate of drug-likeness (QED) is 0.555. The maximum Gasteiger partial charge on any atom is 0.419 e. The van der Waals surface area contributed by atoms with Crippen molar-refractivity contribution in [2.24, 2.45) is 0 Å². The van der Waals surface area contributed by atoms with E-state index in [4.69, 9.17) is 0 Å². The third kappa shape index (κ3) is 5.09. The first-order valence-electron chi connectivity index (χ1n) is 6.48. The molecule has 5 heteroatoms. The number of anilines is 1. The molecule has 0 spiro atoms. The van der Waals surface area contributed by atoms with E-state index >= 15 is 0 Å². The van der Waals surface area contributed by atoms with Crippen molar-refractivity contribution in [3.8, 4) is 0 Å². The fraction of sp³-hybridized carbons (Fsp3) is 0.571. The van der Waals surface area contributed by atoms with Crippen molar-refractivity contribution in [2.45, 2.75) is 51.7 Å². The van der Waals surface area contributed by atoms with Crippen LogP contribution in [0.1, 0.15) is 45.1 Å². The van der Waals surface area contributed by atoms with Gasteiger partial charge in [0.1, 0.15) is 5.82 Å². The van der Waals surface area contributed by atoms with E-state index in [0.717, 1.165) is 37.8 Å². The first-order valence-corrected chi connectivity index (χ1v) is 6.48. The highest BCUT2D eigenvalue weighted by Gasteiger charge is 2.34. The molecule has 1 aromatic rings. The van der Waals surface area contributed by atoms with Crippen LogP contribution in [0.3, 0.4) is 0 Å². The molecule has 108 valence electrons. The van der Waals surface area contributed by atoms with Gasteiger partial charge in [0, 0.05) is 11.7 Å². The van der Waals surface area contributed by atoms with E-state index in [9.17, 15) is 17.6 Å². The number of hydrogen-bond donors (Lipinski definition) is 1. The number of benzene rings is 1. The molecule has 0 aliphatic heterocycles. The average molecular weight is 277 g/mol. The van der Waals surface area contributed by atoms with Crippen molar-refractivity contribution in [3.63, 3.8) is 0 Å². The molecular formula is C14H19F4N. The smallest absolute Gasteiger partial charge is 0.383 e. The number of nitrogens with one attached hydrogen (secondary N) is 1. The Balaban J connectivity index is 2.69. The van der Waals surface area contributed by atoms with Crippen LogP contribution in [-0.2, 0) is 6.18 Å². The minimum Gasteiger partial charge on any atom is -0.383 e. The van der Waals surface area contributed by atoms with Gasteiger partial charge in [-0.1, -0.05) is 26.2 Å². The molecule has 19 heavy (non-hydrogen) atoms. The molecule has 0 saturated carbocycles. The summed E-state index contributed by atoms with van der Waals surface area (Å²) in [6.07, 6.45) is -0.553. The number of hydrogen-bond acceptors (Lipinski definition) is 1. The van der Waals surface area contributed by atoms with Crippen LogP contribution in [0.5, 0.6) is 0 Å². The van der Waals surface area contributed by atoms with Crippen molar-refractivity contribution in [1.29, 1.82) is 0 Å². The molecule has 1 rings (SSSR count). The maximum atomic E-state index is 13.1. The highest BCUT2D eigenvalue weighted by molar-refractivity contribution is 5.47. The van der Waals surface area contributed by atoms with E-state index in [1.54, 1.807) is 0 Å². The normalized spacial score (nSPS) is 13.4. The molecule has 1 nitrogen and oxygen atoms in total. The first kappa shape index (κ1) is 15.8. The highest BCUT2D eigenvalue weighted by atomic mass is 19.4. The Morgan fingerprint density at radius 3 is 2.47 bits per heavy atom. The number of halogens is 4. The summed E-state index contributed by atoms with van der Waals surface area (Å²) in [5, 5.41) is 2.97. The predicted molar refractivity (Wildman–Crippen MR) is 68.6 cm³/mol. The van der Waals surface area contributed by atoms with Crippen LogP contribution in [0, 0.1) is 5.82 Å². The van der Waals surface area contributed by atoms with Gasteiger partial charge < -0.3 is 5.32 Å². The van der Waals surface area contributed by atoms with Gasteiger partial charge in [0.05, 0.1) is 5.56 Å². The number of alkyl halides is 3. The van der Waals surface area contributed by atoms with Gasteiger partial charge in [-0.3, -0.25) is 0 Å². The van der Waals surface area contributed by atoms with Gasteiger partial charge in [-0.25, -0.2) is 4.39 Å². The molecule has 1 N–H and O–H groups in total. The van der Waals surface area contributed by atoms with Gasteiger partial charge in [0.25, 0.3) is 0 Å². The van der Waals surface area contributed by atoms with Crippen molar-refractivity contribution in [1.82, 2.24) is 0 Å². The molecule has 0 saturated heterocycles. The number of unbranched alkanes of at least 4 members (excludes halogenated alkanes) is 2. The Kier molecular flexibility index (Phi) is 5.63. The topological polar surface area (TPSA) is 12.0 Å². The second-order valence-corrected chi connectivity index (χ2v) is 4.73. The summed E-state index contributed by atoms with van der Waals surface area (Å²) in [4.78, 5) is 0. The SMILES string of the molecule is CCCCCC(C)Nc1ccc(F)c(C(F)(F)F)c1. The predicted octanol–water partition coefficient (Wildman–Crippen LogP) is 5.23. The summed E-state index contributed by atoms with van der Waals surface area (Å²) >= 11 is 0. The zero-order valence-corrected chi connectivity index (χ0v) is 11.1. The minimum absolute atomic E-state index is 0.0677. The molecule has 1 aromatic carbocycles. The lowest BCUT2D eigenvalue weighted by atomic mass is 10.1. The summed E-state index contributed by atoms with van der Waals surface area (Å²) in [6, 6.07) is 3.08. The van der Waals surface area contributed by atoms with Crippen LogP contribution in [-0.4, -0.2) is 6.04 Å². The molecule has 0 amide bonds. The van der Waals surface area contributed by atoms with E-state index in [-0.39, 0.29) is 6.04 Å². The molecule has 0 aromatic heterocycles. The Morgan fingerprint density at radius 2 is 1.89 bits per heavy atom. The van der Waals surface area contributed by atoms with Gasteiger partial charge in [0.15, 0.2) is 0 Å². The van der Waals surface area contributed by atoms with E-state index in [1.165, 1.54) is 6.07 Å². The Labute approximate surface area is 111 Å². The fourth-order valence-corrected chi connectivity index (χ4v) is 1.89. The third-order valence-corrected chi connectivity index (χ3v) is 2.93. The Morgan fingerprint density at radius 1 is 1.21 bits per heavy atom. The number of rotatable bonds is 6. The molecule has 0 aliphatic carbocycles. The van der Waals surface area contributed by atoms with Crippen molar-refractivity contribution in [2.75, 3.05) is 5.32 Å². The van der Waals surface area contributed by atoms with Crippen LogP contribution < -0.4 is 5.32 Å². The molecule has 0 bridgehead atoms. The van der Waals surface area contributed by atoms with E-state index in [1.807, 2.05) is 6.92 Å². The minimum atomic E-state index is -4.66. The van der Waals surface area contributed by atoms with E-state index in [0.29, 0.717) is 5.69 Å². The highest BCUT2D eigenvalue weighted by Crippen LogP contribution is 2.33. The summed E-state index contributed by atoms with van der Waals surface area (Å²) in [6.45, 7) is 4.00. The van der Waals surface area contributed by atoms with Gasteiger partial charge in [-0.05, 0) is 31.5 Å². The zero-order valence-electron chi connectivity index (χ0n) is 11.1. The monoisotopic (exact) mass is 277 g/mol. The van der Waals surface area contributed by atoms with Gasteiger partial charge >= 0.3 is 6.18 Å². The molecule has 1 unspecified atom stereocenters. The molecular weight excluding hydrogens is 258 g/mol. The second-order valence-electron chi connectivity index (χ2n) is 4.73. The van der Waals surface area contributed by atoms with Crippen molar-refractivity contribution in [3.05, 3.63) is 29.6 Å². The molecule has 0 aliphatic rings. The lowest BCUT2D eigenvalue weighted by molar-refractivity contribution is -0.139. The van der Waals surface area contributed by atoms with E-state index in [2.05, 4.69) is 12.2 Å². The lowest BCUT2D eigenvalue weighted by Gasteiger charge is -2.17. The van der Waals surface area contributed by atoms with Crippen molar-refractivity contribution >= 4 is 5.69 Å². The zero-order chi connectivity index (χ0) is 14.5. The maximum absolute atomic E-state index is 13.1. The van der Waals surface area contributed by atoms with Gasteiger partial charge in [-0.2, -0.15) is 13.2 Å². The van der Waals surface area contributed by atoms with Crippen LogP contribution >= 0.6 is 0 Å². The second kappa shape index (κ2) is 6.78. The summed E-state index contributed by atoms with van der Waals surface area (Å²) in [5.41, 5.74) is -0.920. The Hall–Kier alpha value is -1.26. The summed E-state index contributed by atoms with van der Waals surface area (Å²) in [7, 11) is 0. The summed E-state index contributed by atoms with van der Waals surface area (Å²) < 4.78 is 50.7. The molecule has 1 atom stereocenters. The van der Waals surface area contributed by atoms with Crippen LogP contribution in [0.25, 0.3) is 0 Å². The van der Waals surface area contributed by atoms with Gasteiger partial charge in [0.2, 0.25) is 0 Å². The van der Waals surface area contributed by atoms with E-state index < -0.39 is 17.6 Å². The summed E-state index contributed by atoms with van der Waals surface area (Å²) in [5.74, 6) is -1.24. The largest absolute Gasteiger partial charge is 0.419 e. The first-order chi connectivity index (χ1) is 8.84. The lowest BCUT2D eigenvalue weighted by Crippen LogP contribution is -2.16. The average Bonchev–Trinajstić information content (AvgIpc) is 2.30. The third-order valence-electron chi connectivity index (χ3n) is 2.93. The molecule has 0 radical (unpaired) electrons. The van der Waals surface area contributed by atoms with Gasteiger partial charge in [-0.15, -0.1) is 0 Å². The van der Waals surface area contributed by atoms with Crippen LogP contribution in [0.4, 0.5) is 23.2 Å². The fourth-order valence-electron chi connectivity index (χ4n) is 1.89. The standard InChI is InChI=1S/C14H19F4N/c1-3-4-5-6-10(2)19-11-7-8-13(15)12(9-11)14(16,17)18/h7-10,19H,3-6H2,1-2H3. The molecule has 0 heterocycles. The van der Waals surface area contributed by atoms with Crippen molar-refractivity contribution < 1.29 is 17.6 Å².